The molecule has 0 aliphatic carbocycles. The van der Waals surface area contributed by atoms with Gasteiger partial charge in [0.2, 0.25) is 0 Å². The Kier molecular flexibility index (Phi) is 3.92. The van der Waals surface area contributed by atoms with Crippen LogP contribution in [0.4, 0.5) is 5.82 Å². The molecular weight excluding hydrogens is 256 g/mol. The van der Waals surface area contributed by atoms with E-state index in [2.05, 4.69) is 36.2 Å². The smallest absolute Gasteiger partial charge is 0.303 e. The third-order valence-corrected chi connectivity index (χ3v) is 3.02. The van der Waals surface area contributed by atoms with E-state index in [-0.39, 0.29) is 11.8 Å². The Hall–Kier alpha value is -2.11. The summed E-state index contributed by atoms with van der Waals surface area (Å²) in [5, 5.41) is 16.3. The molecule has 0 spiro atoms. The van der Waals surface area contributed by atoms with Gasteiger partial charge in [-0.1, -0.05) is 20.8 Å². The van der Waals surface area contributed by atoms with E-state index in [1.165, 1.54) is 0 Å². The van der Waals surface area contributed by atoms with Crippen molar-refractivity contribution in [1.29, 1.82) is 0 Å². The van der Waals surface area contributed by atoms with Crippen molar-refractivity contribution in [2.24, 2.45) is 0 Å². The largest absolute Gasteiger partial charge is 0.481 e. The number of aromatic nitrogens is 3. The van der Waals surface area contributed by atoms with E-state index >= 15 is 0 Å². The first-order valence-electron chi connectivity index (χ1n) is 6.68. The summed E-state index contributed by atoms with van der Waals surface area (Å²) in [4.78, 5) is 14.8. The molecule has 0 atom stereocenters. The molecule has 0 radical (unpaired) electrons. The van der Waals surface area contributed by atoms with Crippen LogP contribution in [0.1, 0.15) is 39.3 Å². The van der Waals surface area contributed by atoms with Gasteiger partial charge in [0, 0.05) is 30.8 Å². The fraction of sp³-hybridized carbons (Fsp3) is 0.500. The second-order valence-electron chi connectivity index (χ2n) is 5.81. The second-order valence-corrected chi connectivity index (χ2v) is 5.81. The van der Waals surface area contributed by atoms with E-state index < -0.39 is 5.97 Å². The molecular formula is C14H20N4O2. The molecule has 2 heterocycles. The quantitative estimate of drug-likeness (QED) is 0.819. The van der Waals surface area contributed by atoms with E-state index in [9.17, 15) is 4.79 Å². The van der Waals surface area contributed by atoms with Crippen LogP contribution in [0.3, 0.4) is 0 Å². The molecule has 2 aromatic heterocycles. The van der Waals surface area contributed by atoms with Crippen LogP contribution in [0.25, 0.3) is 5.52 Å². The van der Waals surface area contributed by atoms with Crippen molar-refractivity contribution in [1.82, 2.24) is 14.6 Å². The molecule has 0 aliphatic heterocycles. The minimum atomic E-state index is -0.780. The van der Waals surface area contributed by atoms with Crippen LogP contribution in [0.15, 0.2) is 18.5 Å². The second kappa shape index (κ2) is 5.48. The van der Waals surface area contributed by atoms with E-state index in [0.717, 1.165) is 17.0 Å². The lowest BCUT2D eigenvalue weighted by Gasteiger charge is -2.13. The summed E-state index contributed by atoms with van der Waals surface area (Å²) in [5.41, 5.74) is 1.89. The van der Waals surface area contributed by atoms with Gasteiger partial charge in [-0.05, 0) is 12.5 Å². The van der Waals surface area contributed by atoms with Crippen LogP contribution in [0.2, 0.25) is 0 Å². The van der Waals surface area contributed by atoms with Crippen LogP contribution >= 0.6 is 0 Å². The maximum absolute atomic E-state index is 10.5. The number of hydrogen-bond donors (Lipinski definition) is 2. The predicted molar refractivity (Wildman–Crippen MR) is 77.0 cm³/mol. The summed E-state index contributed by atoms with van der Waals surface area (Å²) < 4.78 is 1.80. The van der Waals surface area contributed by atoms with Crippen LogP contribution in [-0.2, 0) is 10.2 Å². The summed E-state index contributed by atoms with van der Waals surface area (Å²) in [6.45, 7) is 6.92. The van der Waals surface area contributed by atoms with Gasteiger partial charge in [0.05, 0.1) is 5.69 Å². The maximum atomic E-state index is 10.5. The molecule has 2 aromatic rings. The zero-order valence-corrected chi connectivity index (χ0v) is 12.1. The fourth-order valence-corrected chi connectivity index (χ4v) is 1.87. The number of anilines is 1. The van der Waals surface area contributed by atoms with Gasteiger partial charge in [0.25, 0.3) is 0 Å². The number of carboxylic acid groups (broad SMARTS) is 1. The van der Waals surface area contributed by atoms with Crippen molar-refractivity contribution in [3.63, 3.8) is 0 Å². The van der Waals surface area contributed by atoms with Gasteiger partial charge in [-0.2, -0.15) is 5.10 Å². The molecule has 0 saturated heterocycles. The fourth-order valence-electron chi connectivity index (χ4n) is 1.87. The highest BCUT2D eigenvalue weighted by Gasteiger charge is 2.18. The highest BCUT2D eigenvalue weighted by Crippen LogP contribution is 2.24. The molecule has 108 valence electrons. The number of fused-ring (bicyclic) bond motifs is 1. The first kappa shape index (κ1) is 14.3. The molecule has 2 N–H and O–H groups in total. The van der Waals surface area contributed by atoms with E-state index in [0.29, 0.717) is 13.0 Å². The highest BCUT2D eigenvalue weighted by atomic mass is 16.4. The van der Waals surface area contributed by atoms with Crippen LogP contribution in [-0.4, -0.2) is 32.2 Å². The van der Waals surface area contributed by atoms with Crippen molar-refractivity contribution in [3.05, 3.63) is 24.2 Å². The summed E-state index contributed by atoms with van der Waals surface area (Å²) in [5.74, 6) is -0.0433. The van der Waals surface area contributed by atoms with E-state index in [1.54, 1.807) is 10.7 Å². The van der Waals surface area contributed by atoms with Gasteiger partial charge in [-0.15, -0.1) is 0 Å². The topological polar surface area (TPSA) is 79.5 Å². The van der Waals surface area contributed by atoms with Crippen LogP contribution in [0.5, 0.6) is 0 Å². The van der Waals surface area contributed by atoms with Crippen molar-refractivity contribution in [2.75, 3.05) is 11.9 Å². The molecule has 0 aromatic carbocycles. The van der Waals surface area contributed by atoms with Crippen molar-refractivity contribution in [2.45, 2.75) is 39.0 Å². The minimum absolute atomic E-state index is 0.0212. The molecule has 0 saturated carbocycles. The minimum Gasteiger partial charge on any atom is -0.481 e. The number of carbonyl (C=O) groups is 1. The Morgan fingerprint density at radius 3 is 2.85 bits per heavy atom. The number of nitrogens with zero attached hydrogens (tertiary/aromatic N) is 3. The molecule has 0 fully saturated rings. The third kappa shape index (κ3) is 3.26. The van der Waals surface area contributed by atoms with E-state index in [4.69, 9.17) is 5.11 Å². The summed E-state index contributed by atoms with van der Waals surface area (Å²) >= 11 is 0. The van der Waals surface area contributed by atoms with E-state index in [1.807, 2.05) is 12.3 Å². The number of hydrogen-bond acceptors (Lipinski definition) is 4. The molecule has 20 heavy (non-hydrogen) atoms. The molecule has 2 rings (SSSR count). The first-order valence-corrected chi connectivity index (χ1v) is 6.68. The first-order chi connectivity index (χ1) is 9.38. The van der Waals surface area contributed by atoms with Gasteiger partial charge in [-0.25, -0.2) is 9.50 Å². The van der Waals surface area contributed by atoms with Crippen molar-refractivity contribution < 1.29 is 9.90 Å². The standard InChI is InChI=1S/C14H20N4O2/c1-14(2,3)11-9-10-13(15-6-4-5-12(19)20)16-7-8-18(10)17-11/h7-9H,4-6H2,1-3H3,(H,15,16)(H,19,20). The lowest BCUT2D eigenvalue weighted by atomic mass is 9.92. The monoisotopic (exact) mass is 276 g/mol. The van der Waals surface area contributed by atoms with Gasteiger partial charge < -0.3 is 10.4 Å². The van der Waals surface area contributed by atoms with Crippen LogP contribution in [0, 0.1) is 0 Å². The highest BCUT2D eigenvalue weighted by molar-refractivity contribution is 5.68. The summed E-state index contributed by atoms with van der Waals surface area (Å²) in [6.07, 6.45) is 4.22. The Morgan fingerprint density at radius 1 is 1.45 bits per heavy atom. The average Bonchev–Trinajstić information content (AvgIpc) is 2.78. The number of carboxylic acids is 1. The summed E-state index contributed by atoms with van der Waals surface area (Å²) in [6, 6.07) is 2.02. The zero-order chi connectivity index (χ0) is 14.8. The van der Waals surface area contributed by atoms with Gasteiger partial charge >= 0.3 is 5.97 Å². The van der Waals surface area contributed by atoms with Crippen molar-refractivity contribution in [3.8, 4) is 0 Å². The summed E-state index contributed by atoms with van der Waals surface area (Å²) in [7, 11) is 0. The Morgan fingerprint density at radius 2 is 2.20 bits per heavy atom. The van der Waals surface area contributed by atoms with Gasteiger partial charge in [0.1, 0.15) is 5.52 Å². The predicted octanol–water partition coefficient (Wildman–Crippen LogP) is 2.30. The Labute approximate surface area is 117 Å². The third-order valence-electron chi connectivity index (χ3n) is 3.02. The Bertz CT molecular complexity index is 613. The average molecular weight is 276 g/mol. The SMILES string of the molecule is CC(C)(C)c1cc2c(NCCCC(=O)O)nccn2n1. The van der Waals surface area contributed by atoms with Crippen LogP contribution < -0.4 is 5.32 Å². The lowest BCUT2D eigenvalue weighted by Crippen LogP contribution is -2.11. The maximum Gasteiger partial charge on any atom is 0.303 e. The molecule has 0 bridgehead atoms. The molecule has 0 amide bonds. The number of aliphatic carboxylic acids is 1. The normalized spacial score (nSPS) is 11.8. The Balaban J connectivity index is 2.17. The number of nitrogens with one attached hydrogen (secondary N) is 1. The van der Waals surface area contributed by atoms with Gasteiger partial charge in [0.15, 0.2) is 5.82 Å². The molecule has 6 nitrogen and oxygen atoms in total. The molecule has 0 unspecified atom stereocenters. The molecule has 6 heteroatoms. The molecule has 0 aliphatic rings. The van der Waals surface area contributed by atoms with Crippen molar-refractivity contribution >= 4 is 17.3 Å². The van der Waals surface area contributed by atoms with Gasteiger partial charge in [-0.3, -0.25) is 4.79 Å². The zero-order valence-electron chi connectivity index (χ0n) is 12.1. The lowest BCUT2D eigenvalue weighted by molar-refractivity contribution is -0.137. The number of rotatable bonds is 5.